The molecule has 2 aliphatic rings. The lowest BCUT2D eigenvalue weighted by molar-refractivity contribution is -0.119. The van der Waals surface area contributed by atoms with Crippen molar-refractivity contribution in [2.75, 3.05) is 5.32 Å². The lowest BCUT2D eigenvalue weighted by Gasteiger charge is -2.27. The molecule has 0 saturated heterocycles. The second-order valence-electron chi connectivity index (χ2n) is 9.51. The Morgan fingerprint density at radius 3 is 2.50 bits per heavy atom. The number of nitrogens with one attached hydrogen (secondary N) is 2. The van der Waals surface area contributed by atoms with E-state index in [1.807, 2.05) is 0 Å². The fourth-order valence-electron chi connectivity index (χ4n) is 4.71. The van der Waals surface area contributed by atoms with E-state index in [2.05, 4.69) is 41.0 Å². The van der Waals surface area contributed by atoms with Gasteiger partial charge >= 0.3 is 0 Å². The van der Waals surface area contributed by atoms with Crippen LogP contribution < -0.4 is 10.6 Å². The molecule has 36 heavy (non-hydrogen) atoms. The Morgan fingerprint density at radius 2 is 1.89 bits per heavy atom. The number of anilines is 1. The summed E-state index contributed by atoms with van der Waals surface area (Å²) in [5, 5.41) is 24.8. The van der Waals surface area contributed by atoms with E-state index in [-0.39, 0.29) is 17.5 Å². The molecule has 2 saturated carbocycles. The summed E-state index contributed by atoms with van der Waals surface area (Å²) in [6.45, 7) is 2.81. The maximum absolute atomic E-state index is 13.5. The molecule has 0 spiro atoms. The summed E-state index contributed by atoms with van der Waals surface area (Å²) in [5.41, 5.74) is 1.27. The van der Waals surface area contributed by atoms with Crippen LogP contribution in [0.4, 0.5) is 14.5 Å². The summed E-state index contributed by atoms with van der Waals surface area (Å²) in [6, 6.07) is -1.21. The van der Waals surface area contributed by atoms with Gasteiger partial charge in [0, 0.05) is 6.20 Å². The van der Waals surface area contributed by atoms with Gasteiger partial charge in [0.2, 0.25) is 5.91 Å². The molecule has 0 aliphatic heterocycles. The highest BCUT2D eigenvalue weighted by Crippen LogP contribution is 2.50. The van der Waals surface area contributed by atoms with Crippen molar-refractivity contribution in [2.45, 2.75) is 64.6 Å². The molecule has 3 heterocycles. The molecule has 0 bridgehead atoms. The van der Waals surface area contributed by atoms with Gasteiger partial charge < -0.3 is 10.6 Å². The van der Waals surface area contributed by atoms with Crippen LogP contribution in [0.5, 0.6) is 0 Å². The van der Waals surface area contributed by atoms with Crippen LogP contribution in [0, 0.1) is 24.7 Å². The minimum absolute atomic E-state index is 0.0258. The highest BCUT2D eigenvalue weighted by molar-refractivity contribution is 6.00. The van der Waals surface area contributed by atoms with Crippen molar-refractivity contribution < 1.29 is 23.0 Å². The second-order valence-corrected chi connectivity index (χ2v) is 9.51. The molecule has 2 amide bonds. The molecular formula is C22H27F2N9O3. The average Bonchev–Trinajstić information content (AvgIpc) is 3.71. The van der Waals surface area contributed by atoms with Crippen molar-refractivity contribution in [1.29, 1.82) is 0 Å². The SMILES string of the molecule is Cc1nonc1C(=O)N[C@H](C(=O)Nc1cnn(C(C)c2cnnn2CC(F)F)c1)C(C1CC1)C1CC1. The third-order valence-electron chi connectivity index (χ3n) is 6.81. The number of rotatable bonds is 11. The molecule has 12 nitrogen and oxygen atoms in total. The number of halogens is 2. The van der Waals surface area contributed by atoms with Crippen molar-refractivity contribution in [3.63, 3.8) is 0 Å². The zero-order valence-electron chi connectivity index (χ0n) is 19.8. The van der Waals surface area contributed by atoms with Crippen molar-refractivity contribution in [3.05, 3.63) is 35.7 Å². The molecule has 3 aromatic rings. The van der Waals surface area contributed by atoms with Crippen LogP contribution in [-0.2, 0) is 11.3 Å². The molecule has 2 N–H and O–H groups in total. The van der Waals surface area contributed by atoms with Gasteiger partial charge in [-0.3, -0.25) is 14.3 Å². The lowest BCUT2D eigenvalue weighted by atomic mass is 9.88. The normalized spacial score (nSPS) is 17.4. The highest BCUT2D eigenvalue weighted by Gasteiger charge is 2.48. The zero-order valence-corrected chi connectivity index (χ0v) is 19.8. The molecule has 192 valence electrons. The number of nitrogens with zero attached hydrogens (tertiary/aromatic N) is 7. The quantitative estimate of drug-likeness (QED) is 0.405. The standard InChI is InChI=1S/C22H27F2N9O3/c1-11-19(30-36-29-11)21(34)28-20(18(13-3-4-13)14-5-6-14)22(35)27-15-7-26-32(9-15)12(2)16-8-25-31-33(16)10-17(23)24/h7-9,12-14,17-18,20H,3-6,10H2,1-2H3,(H,27,35)(H,28,34)/t12?,20-/m0/s1. The predicted molar refractivity (Wildman–Crippen MR) is 120 cm³/mol. The van der Waals surface area contributed by atoms with Gasteiger partial charge in [-0.05, 0) is 62.4 Å². The van der Waals surface area contributed by atoms with E-state index < -0.39 is 31.0 Å². The number of aryl methyl sites for hydroxylation is 1. The first-order chi connectivity index (χ1) is 17.3. The van der Waals surface area contributed by atoms with Crippen molar-refractivity contribution >= 4 is 17.5 Å². The largest absolute Gasteiger partial charge is 0.338 e. The van der Waals surface area contributed by atoms with E-state index >= 15 is 0 Å². The first-order valence-corrected chi connectivity index (χ1v) is 11.9. The van der Waals surface area contributed by atoms with Crippen LogP contribution in [0.25, 0.3) is 0 Å². The molecular weight excluding hydrogens is 476 g/mol. The second kappa shape index (κ2) is 9.74. The Morgan fingerprint density at radius 1 is 1.17 bits per heavy atom. The number of amides is 2. The minimum atomic E-state index is -2.57. The van der Waals surface area contributed by atoms with Crippen LogP contribution in [0.3, 0.4) is 0 Å². The van der Waals surface area contributed by atoms with Gasteiger partial charge in [-0.25, -0.2) is 18.1 Å². The summed E-state index contributed by atoms with van der Waals surface area (Å²) in [5.74, 6) is -0.0640. The summed E-state index contributed by atoms with van der Waals surface area (Å²) < 4.78 is 33.0. The Bertz CT molecular complexity index is 1220. The Kier molecular flexibility index (Phi) is 6.49. The predicted octanol–water partition coefficient (Wildman–Crippen LogP) is 2.21. The van der Waals surface area contributed by atoms with Crippen LogP contribution in [0.15, 0.2) is 23.2 Å². The summed E-state index contributed by atoms with van der Waals surface area (Å²) in [6.07, 6.45) is 6.04. The van der Waals surface area contributed by atoms with Crippen LogP contribution in [0.1, 0.15) is 60.5 Å². The number of alkyl halides is 2. The van der Waals surface area contributed by atoms with Crippen LogP contribution in [-0.4, -0.2) is 59.4 Å². The molecule has 1 unspecified atom stereocenters. The third kappa shape index (κ3) is 5.11. The lowest BCUT2D eigenvalue weighted by Crippen LogP contribution is -2.50. The minimum Gasteiger partial charge on any atom is -0.338 e. The molecule has 2 atom stereocenters. The fraction of sp³-hybridized carbons (Fsp3) is 0.591. The smallest absolute Gasteiger partial charge is 0.276 e. The Balaban J connectivity index is 1.32. The summed E-state index contributed by atoms with van der Waals surface area (Å²) in [7, 11) is 0. The molecule has 3 aromatic heterocycles. The van der Waals surface area contributed by atoms with E-state index in [1.54, 1.807) is 20.0 Å². The zero-order chi connectivity index (χ0) is 25.4. The fourth-order valence-corrected chi connectivity index (χ4v) is 4.71. The van der Waals surface area contributed by atoms with E-state index in [0.717, 1.165) is 30.4 Å². The monoisotopic (exact) mass is 503 g/mol. The van der Waals surface area contributed by atoms with Gasteiger partial charge in [-0.2, -0.15) is 5.10 Å². The molecule has 5 rings (SSSR count). The average molecular weight is 504 g/mol. The van der Waals surface area contributed by atoms with Crippen molar-refractivity contribution in [2.24, 2.45) is 17.8 Å². The molecule has 2 aliphatic carbocycles. The van der Waals surface area contributed by atoms with Crippen molar-refractivity contribution in [3.8, 4) is 0 Å². The van der Waals surface area contributed by atoms with Gasteiger partial charge in [0.05, 0.1) is 29.8 Å². The van der Waals surface area contributed by atoms with Gasteiger partial charge in [0.25, 0.3) is 12.3 Å². The molecule has 14 heteroatoms. The Labute approximate surface area is 204 Å². The van der Waals surface area contributed by atoms with E-state index in [1.165, 1.54) is 17.1 Å². The number of carbonyl (C=O) groups is 2. The molecule has 0 aromatic carbocycles. The van der Waals surface area contributed by atoms with Gasteiger partial charge in [-0.1, -0.05) is 10.4 Å². The number of carbonyl (C=O) groups excluding carboxylic acids is 2. The number of hydrogen-bond donors (Lipinski definition) is 2. The van der Waals surface area contributed by atoms with Gasteiger partial charge in [0.15, 0.2) is 5.69 Å². The highest BCUT2D eigenvalue weighted by atomic mass is 19.3. The summed E-state index contributed by atoms with van der Waals surface area (Å²) >= 11 is 0. The Hall–Kier alpha value is -3.71. The molecule has 0 radical (unpaired) electrons. The number of hydrogen-bond acceptors (Lipinski definition) is 8. The van der Waals surface area contributed by atoms with E-state index in [4.69, 9.17) is 0 Å². The van der Waals surface area contributed by atoms with Crippen LogP contribution in [0.2, 0.25) is 0 Å². The maximum Gasteiger partial charge on any atom is 0.276 e. The first kappa shape index (κ1) is 24.0. The van der Waals surface area contributed by atoms with E-state index in [0.29, 0.717) is 28.9 Å². The maximum atomic E-state index is 13.5. The number of aromatic nitrogens is 7. The van der Waals surface area contributed by atoms with E-state index in [9.17, 15) is 18.4 Å². The molecule has 2 fully saturated rings. The van der Waals surface area contributed by atoms with Gasteiger partial charge in [-0.15, -0.1) is 5.10 Å². The van der Waals surface area contributed by atoms with Crippen molar-refractivity contribution in [1.82, 2.24) is 40.4 Å². The first-order valence-electron chi connectivity index (χ1n) is 11.9. The summed E-state index contributed by atoms with van der Waals surface area (Å²) in [4.78, 5) is 26.3. The topological polar surface area (TPSA) is 146 Å². The van der Waals surface area contributed by atoms with Crippen LogP contribution >= 0.6 is 0 Å². The van der Waals surface area contributed by atoms with Gasteiger partial charge in [0.1, 0.15) is 18.3 Å². The third-order valence-corrected chi connectivity index (χ3v) is 6.81.